The van der Waals surface area contributed by atoms with Crippen LogP contribution in [-0.2, 0) is 0 Å². The maximum atomic E-state index is 12.0. The standard InChI is InChI=1S/C9H9F3O/c1-7(9(10,11)12)13-8-5-3-2-4-6-8/h2-7H,1H3. The van der Waals surface area contributed by atoms with Crippen molar-refractivity contribution in [1.29, 1.82) is 0 Å². The summed E-state index contributed by atoms with van der Waals surface area (Å²) >= 11 is 0. The highest BCUT2D eigenvalue weighted by Crippen LogP contribution is 2.24. The van der Waals surface area contributed by atoms with Gasteiger partial charge in [0.25, 0.3) is 0 Å². The number of para-hydroxylation sites is 1. The van der Waals surface area contributed by atoms with Crippen molar-refractivity contribution in [2.24, 2.45) is 0 Å². The summed E-state index contributed by atoms with van der Waals surface area (Å²) in [5, 5.41) is 0. The van der Waals surface area contributed by atoms with Crippen molar-refractivity contribution in [2.45, 2.75) is 19.2 Å². The van der Waals surface area contributed by atoms with Gasteiger partial charge in [0.2, 0.25) is 0 Å². The van der Waals surface area contributed by atoms with Crippen LogP contribution in [0.1, 0.15) is 6.92 Å². The molecule has 0 aliphatic rings. The number of hydrogen-bond acceptors (Lipinski definition) is 1. The first-order chi connectivity index (χ1) is 6.00. The van der Waals surface area contributed by atoms with Crippen LogP contribution < -0.4 is 4.74 Å². The summed E-state index contributed by atoms with van der Waals surface area (Å²) in [7, 11) is 0. The Bertz CT molecular complexity index is 255. The van der Waals surface area contributed by atoms with E-state index < -0.39 is 12.3 Å². The summed E-state index contributed by atoms with van der Waals surface area (Å²) in [4.78, 5) is 0. The molecule has 0 heterocycles. The van der Waals surface area contributed by atoms with Crippen LogP contribution in [0, 0.1) is 0 Å². The lowest BCUT2D eigenvalue weighted by Crippen LogP contribution is -2.31. The van der Waals surface area contributed by atoms with E-state index in [1.165, 1.54) is 12.1 Å². The topological polar surface area (TPSA) is 9.23 Å². The van der Waals surface area contributed by atoms with Gasteiger partial charge in [-0.15, -0.1) is 0 Å². The van der Waals surface area contributed by atoms with Gasteiger partial charge in [0, 0.05) is 0 Å². The van der Waals surface area contributed by atoms with Gasteiger partial charge in [0.15, 0.2) is 6.10 Å². The zero-order chi connectivity index (χ0) is 9.90. The Balaban J connectivity index is 2.61. The van der Waals surface area contributed by atoms with Crippen LogP contribution in [-0.4, -0.2) is 12.3 Å². The van der Waals surface area contributed by atoms with Gasteiger partial charge in [-0.2, -0.15) is 13.2 Å². The number of halogens is 3. The largest absolute Gasteiger partial charge is 0.481 e. The average Bonchev–Trinajstić information content (AvgIpc) is 2.04. The van der Waals surface area contributed by atoms with Gasteiger partial charge in [-0.05, 0) is 19.1 Å². The molecule has 0 aliphatic heterocycles. The quantitative estimate of drug-likeness (QED) is 0.696. The van der Waals surface area contributed by atoms with Crippen molar-refractivity contribution >= 4 is 0 Å². The summed E-state index contributed by atoms with van der Waals surface area (Å²) in [5.41, 5.74) is 0. The minimum Gasteiger partial charge on any atom is -0.481 e. The fourth-order valence-corrected chi connectivity index (χ4v) is 0.770. The molecule has 1 aromatic carbocycles. The molecule has 0 aliphatic carbocycles. The van der Waals surface area contributed by atoms with Crippen LogP contribution in [0.3, 0.4) is 0 Å². The second-order valence-electron chi connectivity index (χ2n) is 2.61. The zero-order valence-corrected chi connectivity index (χ0v) is 7.01. The fraction of sp³-hybridized carbons (Fsp3) is 0.333. The lowest BCUT2D eigenvalue weighted by Gasteiger charge is -2.17. The van der Waals surface area contributed by atoms with E-state index >= 15 is 0 Å². The first-order valence-corrected chi connectivity index (χ1v) is 3.78. The molecule has 72 valence electrons. The number of alkyl halides is 3. The minimum absolute atomic E-state index is 0.229. The first kappa shape index (κ1) is 9.89. The molecule has 1 atom stereocenters. The molecule has 0 amide bonds. The van der Waals surface area contributed by atoms with Crippen molar-refractivity contribution in [3.8, 4) is 5.75 Å². The number of ether oxygens (including phenoxy) is 1. The van der Waals surface area contributed by atoms with E-state index in [1.54, 1.807) is 18.2 Å². The van der Waals surface area contributed by atoms with E-state index in [-0.39, 0.29) is 5.75 Å². The minimum atomic E-state index is -4.31. The van der Waals surface area contributed by atoms with E-state index in [9.17, 15) is 13.2 Å². The molecule has 0 radical (unpaired) electrons. The molecule has 0 N–H and O–H groups in total. The number of benzene rings is 1. The van der Waals surface area contributed by atoms with Crippen molar-refractivity contribution in [2.75, 3.05) is 0 Å². The van der Waals surface area contributed by atoms with Crippen LogP contribution >= 0.6 is 0 Å². The second kappa shape index (κ2) is 3.68. The van der Waals surface area contributed by atoms with E-state index in [1.807, 2.05) is 0 Å². The molecule has 0 aromatic heterocycles. The molecule has 1 rings (SSSR count). The summed E-state index contributed by atoms with van der Waals surface area (Å²) in [6.45, 7) is 0.979. The monoisotopic (exact) mass is 190 g/mol. The number of rotatable bonds is 2. The molecule has 0 fully saturated rings. The molecular weight excluding hydrogens is 181 g/mol. The molecule has 13 heavy (non-hydrogen) atoms. The summed E-state index contributed by atoms with van der Waals surface area (Å²) in [6, 6.07) is 7.94. The highest BCUT2D eigenvalue weighted by atomic mass is 19.4. The number of hydrogen-bond donors (Lipinski definition) is 0. The molecular formula is C9H9F3O. The fourth-order valence-electron chi connectivity index (χ4n) is 0.770. The molecule has 0 saturated heterocycles. The Morgan fingerprint density at radius 3 is 2.15 bits per heavy atom. The summed E-state index contributed by atoms with van der Waals surface area (Å²) in [5.74, 6) is 0.229. The van der Waals surface area contributed by atoms with Crippen LogP contribution in [0.5, 0.6) is 5.75 Å². The van der Waals surface area contributed by atoms with Gasteiger partial charge < -0.3 is 4.74 Å². The highest BCUT2D eigenvalue weighted by Gasteiger charge is 2.37. The van der Waals surface area contributed by atoms with Crippen molar-refractivity contribution < 1.29 is 17.9 Å². The zero-order valence-electron chi connectivity index (χ0n) is 7.01. The predicted octanol–water partition coefficient (Wildman–Crippen LogP) is 3.02. The predicted molar refractivity (Wildman–Crippen MR) is 42.6 cm³/mol. The van der Waals surface area contributed by atoms with Gasteiger partial charge in [-0.3, -0.25) is 0 Å². The summed E-state index contributed by atoms with van der Waals surface area (Å²) in [6.07, 6.45) is -6.08. The smallest absolute Gasteiger partial charge is 0.425 e. The van der Waals surface area contributed by atoms with Gasteiger partial charge in [0.1, 0.15) is 5.75 Å². The third-order valence-electron chi connectivity index (χ3n) is 1.52. The Hall–Kier alpha value is -1.19. The SMILES string of the molecule is CC(Oc1ccccc1)C(F)(F)F. The molecule has 1 nitrogen and oxygen atoms in total. The lowest BCUT2D eigenvalue weighted by atomic mass is 10.3. The van der Waals surface area contributed by atoms with Crippen LogP contribution in [0.25, 0.3) is 0 Å². The molecule has 0 spiro atoms. The van der Waals surface area contributed by atoms with Gasteiger partial charge in [-0.25, -0.2) is 0 Å². The van der Waals surface area contributed by atoms with E-state index in [2.05, 4.69) is 4.74 Å². The molecule has 4 heteroatoms. The molecule has 1 unspecified atom stereocenters. The molecule has 1 aromatic rings. The normalized spacial score (nSPS) is 13.8. The molecule has 0 bridgehead atoms. The first-order valence-electron chi connectivity index (χ1n) is 3.78. The van der Waals surface area contributed by atoms with Crippen LogP contribution in [0.15, 0.2) is 30.3 Å². The maximum absolute atomic E-state index is 12.0. The van der Waals surface area contributed by atoms with Crippen molar-refractivity contribution in [3.63, 3.8) is 0 Å². The molecule has 0 saturated carbocycles. The van der Waals surface area contributed by atoms with E-state index in [4.69, 9.17) is 0 Å². The van der Waals surface area contributed by atoms with E-state index in [0.717, 1.165) is 6.92 Å². The van der Waals surface area contributed by atoms with Crippen molar-refractivity contribution in [1.82, 2.24) is 0 Å². The Labute approximate surface area is 74.1 Å². The van der Waals surface area contributed by atoms with Crippen LogP contribution in [0.4, 0.5) is 13.2 Å². The third kappa shape index (κ3) is 2.97. The average molecular weight is 190 g/mol. The van der Waals surface area contributed by atoms with Crippen molar-refractivity contribution in [3.05, 3.63) is 30.3 Å². The Kier molecular flexibility index (Phi) is 2.80. The van der Waals surface area contributed by atoms with Gasteiger partial charge in [-0.1, -0.05) is 18.2 Å². The second-order valence-corrected chi connectivity index (χ2v) is 2.61. The van der Waals surface area contributed by atoms with Gasteiger partial charge >= 0.3 is 6.18 Å². The Morgan fingerprint density at radius 1 is 1.15 bits per heavy atom. The van der Waals surface area contributed by atoms with Gasteiger partial charge in [0.05, 0.1) is 0 Å². The van der Waals surface area contributed by atoms with E-state index in [0.29, 0.717) is 0 Å². The van der Waals surface area contributed by atoms with Crippen LogP contribution in [0.2, 0.25) is 0 Å². The Morgan fingerprint density at radius 2 is 1.69 bits per heavy atom. The third-order valence-corrected chi connectivity index (χ3v) is 1.52. The highest BCUT2D eigenvalue weighted by molar-refractivity contribution is 5.21. The maximum Gasteiger partial charge on any atom is 0.425 e. The summed E-state index contributed by atoms with van der Waals surface area (Å²) < 4.78 is 40.7. The lowest BCUT2D eigenvalue weighted by molar-refractivity contribution is -0.189.